The molecule has 0 radical (unpaired) electrons. The summed E-state index contributed by atoms with van der Waals surface area (Å²) in [5, 5.41) is 0.574. The van der Waals surface area contributed by atoms with E-state index in [1.165, 1.54) is 11.3 Å². The molecule has 142 valence electrons. The summed E-state index contributed by atoms with van der Waals surface area (Å²) in [4.78, 5) is 37.0. The molecule has 0 aliphatic heterocycles. The monoisotopic (exact) mass is 384 g/mol. The van der Waals surface area contributed by atoms with E-state index in [9.17, 15) is 9.59 Å². The first-order valence-electron chi connectivity index (χ1n) is 9.15. The zero-order chi connectivity index (χ0) is 19.4. The first kappa shape index (κ1) is 19.2. The molecule has 0 N–H and O–H groups in total. The zero-order valence-corrected chi connectivity index (χ0v) is 16.8. The maximum Gasteiger partial charge on any atom is 0.264 e. The van der Waals surface area contributed by atoms with Crippen LogP contribution < -0.4 is 5.56 Å². The molecule has 0 aromatic carbocycles. The summed E-state index contributed by atoms with van der Waals surface area (Å²) < 4.78 is 1.65. The maximum absolute atomic E-state index is 12.9. The molecule has 0 spiro atoms. The van der Waals surface area contributed by atoms with Gasteiger partial charge in [-0.05, 0) is 43.0 Å². The summed E-state index contributed by atoms with van der Waals surface area (Å²) in [6, 6.07) is 3.90. The van der Waals surface area contributed by atoms with Crippen molar-refractivity contribution in [1.29, 1.82) is 0 Å². The number of carbonyl (C=O) groups excluding carboxylic acids is 1. The lowest BCUT2D eigenvalue weighted by molar-refractivity contribution is 0.0801. The summed E-state index contributed by atoms with van der Waals surface area (Å²) in [7, 11) is 1.79. The van der Waals surface area contributed by atoms with Crippen molar-refractivity contribution in [2.24, 2.45) is 0 Å². The van der Waals surface area contributed by atoms with Gasteiger partial charge in [-0.2, -0.15) is 0 Å². The number of carbonyl (C=O) groups is 1. The largest absolute Gasteiger partial charge is 0.341 e. The third-order valence-electron chi connectivity index (χ3n) is 4.70. The Morgan fingerprint density at radius 1 is 1.30 bits per heavy atom. The number of thiophene rings is 1. The van der Waals surface area contributed by atoms with Crippen molar-refractivity contribution in [3.05, 3.63) is 57.2 Å². The molecular weight excluding hydrogens is 360 g/mol. The second-order valence-electron chi connectivity index (χ2n) is 6.67. The highest BCUT2D eigenvalue weighted by Crippen LogP contribution is 2.27. The average molecular weight is 385 g/mol. The van der Waals surface area contributed by atoms with Crippen molar-refractivity contribution in [2.45, 2.75) is 39.7 Å². The molecule has 3 rings (SSSR count). The zero-order valence-electron chi connectivity index (χ0n) is 15.9. The third kappa shape index (κ3) is 4.08. The second-order valence-corrected chi connectivity index (χ2v) is 7.66. The van der Waals surface area contributed by atoms with Gasteiger partial charge >= 0.3 is 0 Å². The molecule has 1 amide bonds. The molecule has 0 aliphatic carbocycles. The van der Waals surface area contributed by atoms with Crippen molar-refractivity contribution in [2.75, 3.05) is 13.6 Å². The summed E-state index contributed by atoms with van der Waals surface area (Å²) in [6.07, 6.45) is 7.80. The van der Waals surface area contributed by atoms with Crippen LogP contribution in [0.25, 0.3) is 10.2 Å². The van der Waals surface area contributed by atoms with E-state index >= 15 is 0 Å². The van der Waals surface area contributed by atoms with Crippen LogP contribution in [0.4, 0.5) is 0 Å². The van der Waals surface area contributed by atoms with Crippen LogP contribution in [-0.4, -0.2) is 38.9 Å². The number of rotatable bonds is 7. The molecule has 3 aromatic rings. The Labute approximate surface area is 162 Å². The topological polar surface area (TPSA) is 68.1 Å². The fourth-order valence-corrected chi connectivity index (χ4v) is 4.11. The predicted octanol–water partition coefficient (Wildman–Crippen LogP) is 3.28. The minimum atomic E-state index is -0.0657. The van der Waals surface area contributed by atoms with Crippen molar-refractivity contribution in [1.82, 2.24) is 19.4 Å². The number of hydrogen-bond acceptors (Lipinski definition) is 5. The summed E-state index contributed by atoms with van der Waals surface area (Å²) >= 11 is 1.30. The van der Waals surface area contributed by atoms with Crippen molar-refractivity contribution >= 4 is 27.5 Å². The van der Waals surface area contributed by atoms with Gasteiger partial charge in [0, 0.05) is 32.5 Å². The Balaban J connectivity index is 1.83. The lowest BCUT2D eigenvalue weighted by Crippen LogP contribution is -2.28. The van der Waals surface area contributed by atoms with Gasteiger partial charge in [-0.3, -0.25) is 19.1 Å². The second kappa shape index (κ2) is 8.43. The quantitative estimate of drug-likeness (QED) is 0.627. The number of pyridine rings is 1. The highest BCUT2D eigenvalue weighted by molar-refractivity contribution is 7.20. The molecule has 0 unspecified atom stereocenters. The van der Waals surface area contributed by atoms with E-state index < -0.39 is 0 Å². The molecule has 3 heterocycles. The van der Waals surface area contributed by atoms with E-state index in [1.54, 1.807) is 35.2 Å². The molecule has 0 aliphatic rings. The standard InChI is InChI=1S/C20H24N4O2S/c1-4-5-11-24-13-22-18-16(19(24)25)14(2)17(27-18)20(26)23(3)12-8-15-6-9-21-10-7-15/h6-7,9-10,13H,4-5,8,11-12H2,1-3H3. The molecule has 3 aromatic heterocycles. The van der Waals surface area contributed by atoms with E-state index in [0.717, 1.165) is 30.4 Å². The minimum Gasteiger partial charge on any atom is -0.341 e. The number of aryl methyl sites for hydroxylation is 2. The molecule has 7 heteroatoms. The van der Waals surface area contributed by atoms with Gasteiger partial charge in [-0.25, -0.2) is 4.98 Å². The Kier molecular flexibility index (Phi) is 6.01. The number of amides is 1. The van der Waals surface area contributed by atoms with E-state index in [2.05, 4.69) is 16.9 Å². The smallest absolute Gasteiger partial charge is 0.264 e. The van der Waals surface area contributed by atoms with Crippen molar-refractivity contribution in [3.63, 3.8) is 0 Å². The van der Waals surface area contributed by atoms with Crippen molar-refractivity contribution < 1.29 is 4.79 Å². The maximum atomic E-state index is 12.9. The van der Waals surface area contributed by atoms with E-state index in [1.807, 2.05) is 19.1 Å². The summed E-state index contributed by atoms with van der Waals surface area (Å²) in [5.74, 6) is -0.0657. The molecule has 0 atom stereocenters. The number of likely N-dealkylation sites (N-methyl/N-ethyl adjacent to an activating group) is 1. The SMILES string of the molecule is CCCCn1cnc2sc(C(=O)N(C)CCc3ccncc3)c(C)c2c1=O. The van der Waals surface area contributed by atoms with Crippen LogP contribution in [0.3, 0.4) is 0 Å². The van der Waals surface area contributed by atoms with Gasteiger partial charge < -0.3 is 4.90 Å². The fraction of sp³-hybridized carbons (Fsp3) is 0.400. The van der Waals surface area contributed by atoms with Gasteiger partial charge in [-0.15, -0.1) is 11.3 Å². The average Bonchev–Trinajstić information content (AvgIpc) is 3.03. The van der Waals surface area contributed by atoms with Gasteiger partial charge in [0.05, 0.1) is 16.6 Å². The van der Waals surface area contributed by atoms with E-state index in [4.69, 9.17) is 0 Å². The number of unbranched alkanes of at least 4 members (excludes halogenated alkanes) is 1. The molecule has 0 saturated carbocycles. The number of nitrogens with zero attached hydrogens (tertiary/aromatic N) is 4. The Morgan fingerprint density at radius 3 is 2.74 bits per heavy atom. The van der Waals surface area contributed by atoms with E-state index in [0.29, 0.717) is 28.2 Å². The molecule has 27 heavy (non-hydrogen) atoms. The van der Waals surface area contributed by atoms with Crippen LogP contribution in [0.5, 0.6) is 0 Å². The minimum absolute atomic E-state index is 0.0549. The highest BCUT2D eigenvalue weighted by atomic mass is 32.1. The number of fused-ring (bicyclic) bond motifs is 1. The van der Waals surface area contributed by atoms with Gasteiger partial charge in [-0.1, -0.05) is 13.3 Å². The first-order valence-corrected chi connectivity index (χ1v) is 9.97. The third-order valence-corrected chi connectivity index (χ3v) is 5.88. The summed E-state index contributed by atoms with van der Waals surface area (Å²) in [5.41, 5.74) is 1.82. The lowest BCUT2D eigenvalue weighted by Gasteiger charge is -2.16. The van der Waals surface area contributed by atoms with Crippen LogP contribution in [0, 0.1) is 6.92 Å². The highest BCUT2D eigenvalue weighted by Gasteiger charge is 2.21. The molecule has 0 bridgehead atoms. The van der Waals surface area contributed by atoms with Crippen LogP contribution in [0.2, 0.25) is 0 Å². The van der Waals surface area contributed by atoms with Crippen LogP contribution >= 0.6 is 11.3 Å². The van der Waals surface area contributed by atoms with Gasteiger partial charge in [0.15, 0.2) is 0 Å². The summed E-state index contributed by atoms with van der Waals surface area (Å²) in [6.45, 7) is 5.19. The van der Waals surface area contributed by atoms with Crippen LogP contribution in [-0.2, 0) is 13.0 Å². The Hall–Kier alpha value is -2.54. The lowest BCUT2D eigenvalue weighted by atomic mass is 10.1. The normalized spacial score (nSPS) is 11.1. The number of hydrogen-bond donors (Lipinski definition) is 0. The Bertz CT molecular complexity index is 994. The van der Waals surface area contributed by atoms with Gasteiger partial charge in [0.2, 0.25) is 0 Å². The molecular formula is C20H24N4O2S. The van der Waals surface area contributed by atoms with Crippen molar-refractivity contribution in [3.8, 4) is 0 Å². The van der Waals surface area contributed by atoms with Gasteiger partial charge in [0.1, 0.15) is 4.83 Å². The van der Waals surface area contributed by atoms with Crippen LogP contribution in [0.1, 0.15) is 40.6 Å². The van der Waals surface area contributed by atoms with Crippen LogP contribution in [0.15, 0.2) is 35.6 Å². The first-order chi connectivity index (χ1) is 13.0. The fourth-order valence-electron chi connectivity index (χ4n) is 2.97. The molecule has 0 fully saturated rings. The predicted molar refractivity (Wildman–Crippen MR) is 108 cm³/mol. The van der Waals surface area contributed by atoms with Gasteiger partial charge in [0.25, 0.3) is 11.5 Å². The Morgan fingerprint density at radius 2 is 2.04 bits per heavy atom. The molecule has 0 saturated heterocycles. The van der Waals surface area contributed by atoms with E-state index in [-0.39, 0.29) is 11.5 Å². The molecule has 6 nitrogen and oxygen atoms in total. The number of aromatic nitrogens is 3.